The third-order valence-electron chi connectivity index (χ3n) is 7.90. The van der Waals surface area contributed by atoms with E-state index in [-0.39, 0.29) is 12.1 Å². The van der Waals surface area contributed by atoms with E-state index in [1.807, 2.05) is 19.2 Å². The molecular formula is C28H38N6O2. The average molecular weight is 491 g/mol. The molecule has 1 aliphatic carbocycles. The highest BCUT2D eigenvalue weighted by molar-refractivity contribution is 5.37. The minimum Gasteiger partial charge on any atom is -0.497 e. The maximum Gasteiger partial charge on any atom is 0.245 e. The standard InChI is InChI=1S/C28H38N6O2/c1-20-17-26(29-18-21-9-13-24(35-3)14-10-21)27(34(20)28-30-31-32-33(28)2)19-36-25-15-11-23(12-16-25)22-7-5-4-6-8-22/h4-10,13-14,20,23,25-27,29H,11-12,15-19H2,1-3H3. The van der Waals surface area contributed by atoms with Crippen molar-refractivity contribution in [1.82, 2.24) is 25.5 Å². The minimum atomic E-state index is 0.162. The molecule has 192 valence electrons. The van der Waals surface area contributed by atoms with Crippen LogP contribution < -0.4 is 15.0 Å². The Morgan fingerprint density at radius 2 is 1.75 bits per heavy atom. The molecule has 3 aromatic rings. The van der Waals surface area contributed by atoms with E-state index in [1.54, 1.807) is 11.8 Å². The van der Waals surface area contributed by atoms with Gasteiger partial charge in [-0.2, -0.15) is 0 Å². The van der Waals surface area contributed by atoms with E-state index in [1.165, 1.54) is 24.0 Å². The van der Waals surface area contributed by atoms with Gasteiger partial charge in [0.05, 0.1) is 25.9 Å². The number of methoxy groups -OCH3 is 1. The zero-order chi connectivity index (χ0) is 24.9. The Morgan fingerprint density at radius 1 is 1.00 bits per heavy atom. The van der Waals surface area contributed by atoms with Crippen LogP contribution in [0.1, 0.15) is 56.1 Å². The molecule has 0 amide bonds. The molecule has 0 bridgehead atoms. The molecule has 1 aliphatic heterocycles. The molecule has 3 atom stereocenters. The Kier molecular flexibility index (Phi) is 7.82. The van der Waals surface area contributed by atoms with Gasteiger partial charge in [0.25, 0.3) is 0 Å². The van der Waals surface area contributed by atoms with Crippen LogP contribution in [-0.2, 0) is 18.3 Å². The second kappa shape index (κ2) is 11.4. The van der Waals surface area contributed by atoms with Crippen molar-refractivity contribution >= 4 is 5.95 Å². The summed E-state index contributed by atoms with van der Waals surface area (Å²) in [6.45, 7) is 3.71. The van der Waals surface area contributed by atoms with Crippen LogP contribution in [0, 0.1) is 0 Å². The Labute approximate surface area is 214 Å². The van der Waals surface area contributed by atoms with Gasteiger partial charge in [0.2, 0.25) is 5.95 Å². The number of aryl methyl sites for hydroxylation is 1. The van der Waals surface area contributed by atoms with Crippen LogP contribution in [0.25, 0.3) is 0 Å². The molecular weight excluding hydrogens is 452 g/mol. The molecule has 1 saturated carbocycles. The quantitative estimate of drug-likeness (QED) is 0.484. The molecule has 5 rings (SSSR count). The fourth-order valence-corrected chi connectivity index (χ4v) is 5.88. The SMILES string of the molecule is COc1ccc(CNC2CC(C)N(c3nnnn3C)C2COC2CCC(c3ccccc3)CC2)cc1. The van der Waals surface area contributed by atoms with E-state index in [0.717, 1.165) is 37.5 Å². The van der Waals surface area contributed by atoms with Crippen molar-refractivity contribution < 1.29 is 9.47 Å². The zero-order valence-electron chi connectivity index (χ0n) is 21.6. The molecule has 8 nitrogen and oxygen atoms in total. The third kappa shape index (κ3) is 5.55. The Morgan fingerprint density at radius 3 is 2.42 bits per heavy atom. The van der Waals surface area contributed by atoms with Crippen LogP contribution >= 0.6 is 0 Å². The Balaban J connectivity index is 1.23. The third-order valence-corrected chi connectivity index (χ3v) is 7.90. The number of tetrazole rings is 1. The lowest BCUT2D eigenvalue weighted by molar-refractivity contribution is 0.0144. The molecule has 1 saturated heterocycles. The molecule has 8 heteroatoms. The van der Waals surface area contributed by atoms with Crippen molar-refractivity contribution in [3.8, 4) is 5.75 Å². The normalized spacial score (nSPS) is 26.3. The van der Waals surface area contributed by atoms with E-state index in [0.29, 0.717) is 24.7 Å². The number of hydrogen-bond donors (Lipinski definition) is 1. The van der Waals surface area contributed by atoms with E-state index >= 15 is 0 Å². The van der Waals surface area contributed by atoms with Gasteiger partial charge in [-0.05, 0) is 78.6 Å². The second-order valence-electron chi connectivity index (χ2n) is 10.2. The van der Waals surface area contributed by atoms with Crippen molar-refractivity contribution in [2.24, 2.45) is 7.05 Å². The fraction of sp³-hybridized carbons (Fsp3) is 0.536. The van der Waals surface area contributed by atoms with E-state index in [2.05, 4.69) is 75.1 Å². The average Bonchev–Trinajstić information content (AvgIpc) is 3.48. The summed E-state index contributed by atoms with van der Waals surface area (Å²) in [5, 5.41) is 16.1. The van der Waals surface area contributed by atoms with Gasteiger partial charge >= 0.3 is 0 Å². The molecule has 1 aromatic heterocycles. The van der Waals surface area contributed by atoms with Gasteiger partial charge in [-0.1, -0.05) is 47.6 Å². The van der Waals surface area contributed by atoms with Crippen LogP contribution in [0.4, 0.5) is 5.95 Å². The molecule has 2 aliphatic rings. The summed E-state index contributed by atoms with van der Waals surface area (Å²) in [5.41, 5.74) is 2.70. The van der Waals surface area contributed by atoms with Gasteiger partial charge in [-0.25, -0.2) is 4.68 Å². The van der Waals surface area contributed by atoms with Gasteiger partial charge in [-0.3, -0.25) is 0 Å². The van der Waals surface area contributed by atoms with Crippen LogP contribution in [0.3, 0.4) is 0 Å². The second-order valence-corrected chi connectivity index (χ2v) is 10.2. The molecule has 2 fully saturated rings. The van der Waals surface area contributed by atoms with E-state index in [4.69, 9.17) is 9.47 Å². The maximum atomic E-state index is 6.60. The highest BCUT2D eigenvalue weighted by Gasteiger charge is 2.41. The highest BCUT2D eigenvalue weighted by Crippen LogP contribution is 2.35. The smallest absolute Gasteiger partial charge is 0.245 e. The largest absolute Gasteiger partial charge is 0.497 e. The summed E-state index contributed by atoms with van der Waals surface area (Å²) in [7, 11) is 3.60. The molecule has 36 heavy (non-hydrogen) atoms. The van der Waals surface area contributed by atoms with Gasteiger partial charge in [-0.15, -0.1) is 0 Å². The van der Waals surface area contributed by atoms with Gasteiger partial charge in [0.15, 0.2) is 0 Å². The maximum absolute atomic E-state index is 6.60. The van der Waals surface area contributed by atoms with Crippen molar-refractivity contribution in [2.75, 3.05) is 18.6 Å². The first kappa shape index (κ1) is 24.7. The molecule has 0 spiro atoms. The lowest BCUT2D eigenvalue weighted by Gasteiger charge is -2.34. The predicted octanol–water partition coefficient (Wildman–Crippen LogP) is 4.09. The number of aromatic nitrogens is 4. The first-order chi connectivity index (χ1) is 17.6. The lowest BCUT2D eigenvalue weighted by Crippen LogP contribution is -2.48. The summed E-state index contributed by atoms with van der Waals surface area (Å²) in [6.07, 6.45) is 5.91. The molecule has 0 radical (unpaired) electrons. The number of rotatable bonds is 9. The van der Waals surface area contributed by atoms with Gasteiger partial charge in [0.1, 0.15) is 5.75 Å². The first-order valence-electron chi connectivity index (χ1n) is 13.2. The molecule has 2 aromatic carbocycles. The molecule has 3 unspecified atom stereocenters. The van der Waals surface area contributed by atoms with Crippen molar-refractivity contribution in [3.63, 3.8) is 0 Å². The fourth-order valence-electron chi connectivity index (χ4n) is 5.88. The van der Waals surface area contributed by atoms with Crippen molar-refractivity contribution in [3.05, 3.63) is 65.7 Å². The zero-order valence-corrected chi connectivity index (χ0v) is 21.6. The number of anilines is 1. The van der Waals surface area contributed by atoms with E-state index < -0.39 is 0 Å². The van der Waals surface area contributed by atoms with Gasteiger partial charge in [0, 0.05) is 25.7 Å². The number of ether oxygens (including phenoxy) is 2. The Bertz CT molecular complexity index is 1080. The summed E-state index contributed by atoms with van der Waals surface area (Å²) < 4.78 is 13.7. The highest BCUT2D eigenvalue weighted by atomic mass is 16.5. The summed E-state index contributed by atoms with van der Waals surface area (Å²) >= 11 is 0. The predicted molar refractivity (Wildman–Crippen MR) is 140 cm³/mol. The summed E-state index contributed by atoms with van der Waals surface area (Å²) in [5.74, 6) is 2.33. The van der Waals surface area contributed by atoms with Crippen LogP contribution in [0.2, 0.25) is 0 Å². The van der Waals surface area contributed by atoms with E-state index in [9.17, 15) is 0 Å². The summed E-state index contributed by atoms with van der Waals surface area (Å²) in [6, 6.07) is 19.9. The van der Waals surface area contributed by atoms with Crippen molar-refractivity contribution in [2.45, 2.75) is 75.7 Å². The summed E-state index contributed by atoms with van der Waals surface area (Å²) in [4.78, 5) is 2.35. The van der Waals surface area contributed by atoms with Crippen LogP contribution in [0.5, 0.6) is 5.75 Å². The topological polar surface area (TPSA) is 77.3 Å². The lowest BCUT2D eigenvalue weighted by atomic mass is 9.83. The number of nitrogens with one attached hydrogen (secondary N) is 1. The van der Waals surface area contributed by atoms with Crippen LogP contribution in [-0.4, -0.2) is 58.2 Å². The van der Waals surface area contributed by atoms with Crippen LogP contribution in [0.15, 0.2) is 54.6 Å². The monoisotopic (exact) mass is 490 g/mol. The number of benzene rings is 2. The Hall–Kier alpha value is -2.97. The molecule has 2 heterocycles. The minimum absolute atomic E-state index is 0.162. The van der Waals surface area contributed by atoms with Gasteiger partial charge < -0.3 is 19.7 Å². The number of nitrogens with zero attached hydrogens (tertiary/aromatic N) is 5. The van der Waals surface area contributed by atoms with Crippen molar-refractivity contribution in [1.29, 1.82) is 0 Å². The molecule has 1 N–H and O–H groups in total. The first-order valence-corrected chi connectivity index (χ1v) is 13.2. The number of hydrogen-bond acceptors (Lipinski definition) is 7.